The highest BCUT2D eigenvalue weighted by Gasteiger charge is 2.18. The Hall–Kier alpha value is -3.40. The molecule has 1 amide bonds. The Bertz CT molecular complexity index is 1170. The zero-order chi connectivity index (χ0) is 21.1. The Morgan fingerprint density at radius 2 is 1.83 bits per heavy atom. The van der Waals surface area contributed by atoms with Crippen molar-refractivity contribution in [2.24, 2.45) is 0 Å². The van der Waals surface area contributed by atoms with E-state index in [-0.39, 0.29) is 42.2 Å². The van der Waals surface area contributed by atoms with E-state index in [0.717, 1.165) is 5.56 Å². The highest BCUT2D eigenvalue weighted by molar-refractivity contribution is 7.91. The molecule has 30 heavy (non-hydrogen) atoms. The normalized spacial score (nSPS) is 12.7. The molecule has 0 aliphatic carbocycles. The van der Waals surface area contributed by atoms with Crippen LogP contribution in [0.25, 0.3) is 11.5 Å². The predicted octanol–water partition coefficient (Wildman–Crippen LogP) is 2.97. The number of rotatable bonds is 7. The van der Waals surface area contributed by atoms with Gasteiger partial charge in [-0.15, -0.1) is 5.10 Å². The minimum absolute atomic E-state index is 0.00677. The molecule has 0 radical (unpaired) electrons. The van der Waals surface area contributed by atoms with Gasteiger partial charge in [0.25, 0.3) is 0 Å². The molecule has 0 saturated carbocycles. The number of hydrogen-bond acceptors (Lipinski definition) is 8. The van der Waals surface area contributed by atoms with Crippen molar-refractivity contribution in [1.82, 2.24) is 10.2 Å². The molecule has 1 aliphatic rings. The van der Waals surface area contributed by atoms with Gasteiger partial charge < -0.3 is 13.9 Å². The third kappa shape index (κ3) is 4.43. The highest BCUT2D eigenvalue weighted by Crippen LogP contribution is 2.35. The number of carbonyl (C=O) groups excluding carboxylic acids is 1. The molecule has 156 valence electrons. The van der Waals surface area contributed by atoms with Gasteiger partial charge in [-0.3, -0.25) is 10.1 Å². The van der Waals surface area contributed by atoms with Crippen molar-refractivity contribution in [1.29, 1.82) is 0 Å². The molecule has 9 nitrogen and oxygen atoms in total. The van der Waals surface area contributed by atoms with Gasteiger partial charge in [0.2, 0.25) is 18.6 Å². The number of sulfone groups is 1. The fourth-order valence-electron chi connectivity index (χ4n) is 2.89. The summed E-state index contributed by atoms with van der Waals surface area (Å²) in [5.74, 6) is 0.884. The van der Waals surface area contributed by atoms with Crippen LogP contribution >= 0.6 is 0 Å². The van der Waals surface area contributed by atoms with Crippen LogP contribution in [0.1, 0.15) is 18.4 Å². The van der Waals surface area contributed by atoms with Crippen LogP contribution in [0.5, 0.6) is 11.5 Å². The third-order valence-corrected chi connectivity index (χ3v) is 6.30. The van der Waals surface area contributed by atoms with Gasteiger partial charge in [0.1, 0.15) is 0 Å². The van der Waals surface area contributed by atoms with Crippen LogP contribution in [0.2, 0.25) is 0 Å². The Morgan fingerprint density at radius 1 is 1.07 bits per heavy atom. The SMILES string of the molecule is Cc1ccc(S(=O)(=O)CCCC(=O)Nc2nnc(-c3ccc4c(c3)OCO4)o2)cc1. The number of amides is 1. The van der Waals surface area contributed by atoms with Gasteiger partial charge in [-0.05, 0) is 43.7 Å². The molecule has 1 aliphatic heterocycles. The lowest BCUT2D eigenvalue weighted by Crippen LogP contribution is -2.14. The second-order valence-electron chi connectivity index (χ2n) is 6.76. The van der Waals surface area contributed by atoms with Crippen LogP contribution in [-0.2, 0) is 14.6 Å². The lowest BCUT2D eigenvalue weighted by molar-refractivity contribution is -0.116. The van der Waals surface area contributed by atoms with E-state index in [1.165, 1.54) is 0 Å². The zero-order valence-electron chi connectivity index (χ0n) is 16.1. The Morgan fingerprint density at radius 3 is 2.63 bits per heavy atom. The number of aromatic nitrogens is 2. The maximum atomic E-state index is 12.3. The Kier molecular flexibility index (Phi) is 5.40. The Labute approximate surface area is 172 Å². The molecule has 0 saturated heterocycles. The molecular formula is C20H19N3O6S. The quantitative estimate of drug-likeness (QED) is 0.608. The van der Waals surface area contributed by atoms with Gasteiger partial charge >= 0.3 is 6.01 Å². The second-order valence-corrected chi connectivity index (χ2v) is 8.87. The number of fused-ring (bicyclic) bond motifs is 1. The fraction of sp³-hybridized carbons (Fsp3) is 0.250. The number of nitrogens with one attached hydrogen (secondary N) is 1. The van der Waals surface area contributed by atoms with Gasteiger partial charge in [-0.2, -0.15) is 0 Å². The maximum Gasteiger partial charge on any atom is 0.322 e. The molecule has 0 atom stereocenters. The minimum Gasteiger partial charge on any atom is -0.454 e. The molecule has 2 heterocycles. The van der Waals surface area contributed by atoms with E-state index in [4.69, 9.17) is 13.9 Å². The largest absolute Gasteiger partial charge is 0.454 e. The first kappa shape index (κ1) is 19.9. The molecule has 4 rings (SSSR count). The van der Waals surface area contributed by atoms with E-state index in [2.05, 4.69) is 15.5 Å². The van der Waals surface area contributed by atoms with Crippen LogP contribution in [0, 0.1) is 6.92 Å². The van der Waals surface area contributed by atoms with Crippen molar-refractivity contribution in [2.75, 3.05) is 17.9 Å². The van der Waals surface area contributed by atoms with E-state index in [1.54, 1.807) is 42.5 Å². The van der Waals surface area contributed by atoms with Crippen molar-refractivity contribution in [3.63, 3.8) is 0 Å². The number of anilines is 1. The summed E-state index contributed by atoms with van der Waals surface area (Å²) < 4.78 is 40.7. The van der Waals surface area contributed by atoms with Crippen LogP contribution in [-0.4, -0.2) is 37.1 Å². The first-order valence-electron chi connectivity index (χ1n) is 9.23. The van der Waals surface area contributed by atoms with Crippen LogP contribution in [0.3, 0.4) is 0 Å². The average molecular weight is 429 g/mol. The average Bonchev–Trinajstić information content (AvgIpc) is 3.36. The summed E-state index contributed by atoms with van der Waals surface area (Å²) in [5, 5.41) is 10.2. The third-order valence-electron chi connectivity index (χ3n) is 4.49. The first-order chi connectivity index (χ1) is 14.4. The molecule has 1 aromatic heterocycles. The second kappa shape index (κ2) is 8.15. The summed E-state index contributed by atoms with van der Waals surface area (Å²) in [6.07, 6.45) is 0.179. The molecule has 1 N–H and O–H groups in total. The number of benzene rings is 2. The summed E-state index contributed by atoms with van der Waals surface area (Å²) >= 11 is 0. The molecule has 0 unspecified atom stereocenters. The summed E-state index contributed by atoms with van der Waals surface area (Å²) in [6, 6.07) is 11.7. The topological polar surface area (TPSA) is 121 Å². The minimum atomic E-state index is -3.44. The van der Waals surface area contributed by atoms with E-state index in [0.29, 0.717) is 17.1 Å². The van der Waals surface area contributed by atoms with Crippen molar-refractivity contribution in [2.45, 2.75) is 24.7 Å². The van der Waals surface area contributed by atoms with Gasteiger partial charge in [-0.1, -0.05) is 22.8 Å². The molecule has 0 spiro atoms. The van der Waals surface area contributed by atoms with Crippen LogP contribution in [0.4, 0.5) is 6.01 Å². The van der Waals surface area contributed by atoms with Gasteiger partial charge in [0.05, 0.1) is 10.6 Å². The number of carbonyl (C=O) groups is 1. The molecule has 10 heteroatoms. The van der Waals surface area contributed by atoms with Crippen molar-refractivity contribution in [3.05, 3.63) is 48.0 Å². The van der Waals surface area contributed by atoms with Crippen molar-refractivity contribution in [3.8, 4) is 23.0 Å². The number of nitrogens with zero attached hydrogens (tertiary/aromatic N) is 2. The molecule has 0 fully saturated rings. The molecule has 2 aromatic carbocycles. The monoisotopic (exact) mass is 429 g/mol. The van der Waals surface area contributed by atoms with Gasteiger partial charge in [-0.25, -0.2) is 8.42 Å². The lowest BCUT2D eigenvalue weighted by Gasteiger charge is -2.05. The molecular weight excluding hydrogens is 410 g/mol. The summed E-state index contributed by atoms with van der Waals surface area (Å²) in [5.41, 5.74) is 1.60. The summed E-state index contributed by atoms with van der Waals surface area (Å²) in [6.45, 7) is 2.04. The standard InChI is InChI=1S/C20H19N3O6S/c1-13-4-7-15(8-5-13)30(25,26)10-2-3-18(24)21-20-23-22-19(29-20)14-6-9-16-17(11-14)28-12-27-16/h4-9,11H,2-3,10,12H2,1H3,(H,21,23,24). The van der Waals surface area contributed by atoms with E-state index in [9.17, 15) is 13.2 Å². The van der Waals surface area contributed by atoms with Crippen molar-refractivity contribution >= 4 is 21.8 Å². The smallest absolute Gasteiger partial charge is 0.322 e. The fourth-order valence-corrected chi connectivity index (χ4v) is 4.20. The predicted molar refractivity (Wildman–Crippen MR) is 107 cm³/mol. The number of aryl methyl sites for hydroxylation is 1. The van der Waals surface area contributed by atoms with Crippen LogP contribution in [0.15, 0.2) is 51.8 Å². The molecule has 3 aromatic rings. The number of ether oxygens (including phenoxy) is 2. The van der Waals surface area contributed by atoms with Gasteiger partial charge in [0, 0.05) is 12.0 Å². The highest BCUT2D eigenvalue weighted by atomic mass is 32.2. The summed E-state index contributed by atoms with van der Waals surface area (Å²) in [4.78, 5) is 12.4. The van der Waals surface area contributed by atoms with E-state index >= 15 is 0 Å². The van der Waals surface area contributed by atoms with Gasteiger partial charge in [0.15, 0.2) is 21.3 Å². The number of hydrogen-bond donors (Lipinski definition) is 1. The zero-order valence-corrected chi connectivity index (χ0v) is 16.9. The van der Waals surface area contributed by atoms with E-state index in [1.807, 2.05) is 6.92 Å². The van der Waals surface area contributed by atoms with Crippen LogP contribution < -0.4 is 14.8 Å². The Balaban J connectivity index is 1.31. The maximum absolute atomic E-state index is 12.3. The lowest BCUT2D eigenvalue weighted by atomic mass is 10.2. The first-order valence-corrected chi connectivity index (χ1v) is 10.9. The summed E-state index contributed by atoms with van der Waals surface area (Å²) in [7, 11) is -3.44. The van der Waals surface area contributed by atoms with Crippen molar-refractivity contribution < 1.29 is 27.1 Å². The van der Waals surface area contributed by atoms with E-state index < -0.39 is 15.7 Å². The molecule has 0 bridgehead atoms.